The molecule has 1 amide bonds. The number of fused-ring (bicyclic) bond motifs is 1. The molecule has 0 unspecified atom stereocenters. The van der Waals surface area contributed by atoms with Crippen LogP contribution in [0.15, 0.2) is 60.7 Å². The zero-order chi connectivity index (χ0) is 28.5. The molecule has 1 saturated heterocycles. The number of halogens is 1. The van der Waals surface area contributed by atoms with Gasteiger partial charge in [0.25, 0.3) is 5.91 Å². The molecule has 1 saturated carbocycles. The summed E-state index contributed by atoms with van der Waals surface area (Å²) < 4.78 is 21.3. The van der Waals surface area contributed by atoms with Gasteiger partial charge in [-0.05, 0) is 54.3 Å². The second kappa shape index (κ2) is 11.4. The first-order valence-corrected chi connectivity index (χ1v) is 14.4. The molecule has 3 aromatic carbocycles. The lowest BCUT2D eigenvalue weighted by Crippen LogP contribution is -2.40. The number of ketones is 1. The Morgan fingerprint density at radius 2 is 1.63 bits per heavy atom. The first-order chi connectivity index (χ1) is 19.9. The van der Waals surface area contributed by atoms with Crippen molar-refractivity contribution in [1.29, 1.82) is 0 Å². The predicted octanol–water partition coefficient (Wildman–Crippen LogP) is 6.00. The molecule has 2 atom stereocenters. The number of hydrogen-bond acceptors (Lipinski definition) is 7. The van der Waals surface area contributed by atoms with Crippen molar-refractivity contribution in [3.8, 4) is 11.1 Å². The molecule has 2 heterocycles. The number of benzene rings is 3. The highest BCUT2D eigenvalue weighted by atomic mass is 32.1. The average Bonchev–Trinajstić information content (AvgIpc) is 3.65. The van der Waals surface area contributed by atoms with Gasteiger partial charge in [-0.25, -0.2) is 9.37 Å². The Labute approximate surface area is 239 Å². The van der Waals surface area contributed by atoms with Gasteiger partial charge in [-0.2, -0.15) is 0 Å². The first kappa shape index (κ1) is 27.0. The van der Waals surface area contributed by atoms with Crippen molar-refractivity contribution in [2.45, 2.75) is 19.3 Å². The fraction of sp³-hybridized carbons (Fsp3) is 0.290. The summed E-state index contributed by atoms with van der Waals surface area (Å²) in [6, 6.07) is 17.1. The fourth-order valence-corrected chi connectivity index (χ4v) is 6.50. The zero-order valence-electron chi connectivity index (χ0n) is 22.1. The van der Waals surface area contributed by atoms with E-state index in [4.69, 9.17) is 4.74 Å². The van der Waals surface area contributed by atoms with Gasteiger partial charge < -0.3 is 20.1 Å². The minimum atomic E-state index is -0.920. The number of amides is 1. The van der Waals surface area contributed by atoms with Crippen LogP contribution < -0.4 is 5.32 Å². The number of anilines is 2. The van der Waals surface area contributed by atoms with Crippen molar-refractivity contribution < 1.29 is 28.6 Å². The maximum absolute atomic E-state index is 15.1. The number of morpholine rings is 1. The molecule has 4 aromatic rings. The zero-order valence-corrected chi connectivity index (χ0v) is 23.0. The fourth-order valence-electron chi connectivity index (χ4n) is 5.58. The third-order valence-electron chi connectivity index (χ3n) is 7.82. The smallest absolute Gasteiger partial charge is 0.307 e. The lowest BCUT2D eigenvalue weighted by Gasteiger charge is -2.26. The monoisotopic (exact) mass is 573 g/mol. The van der Waals surface area contributed by atoms with Crippen LogP contribution in [-0.4, -0.2) is 59.0 Å². The highest BCUT2D eigenvalue weighted by Gasteiger charge is 2.37. The number of carbonyl (C=O) groups excluding carboxylic acids is 2. The van der Waals surface area contributed by atoms with Gasteiger partial charge in [0, 0.05) is 30.1 Å². The Hall–Kier alpha value is -4.15. The Kier molecular flexibility index (Phi) is 7.51. The number of thiazole rings is 1. The van der Waals surface area contributed by atoms with E-state index in [0.717, 1.165) is 22.2 Å². The average molecular weight is 574 g/mol. The van der Waals surface area contributed by atoms with E-state index in [1.54, 1.807) is 53.4 Å². The summed E-state index contributed by atoms with van der Waals surface area (Å²) in [5.41, 5.74) is 3.43. The number of hydrogen-bond donors (Lipinski definition) is 2. The third-order valence-corrected chi connectivity index (χ3v) is 8.75. The van der Waals surface area contributed by atoms with Gasteiger partial charge in [-0.3, -0.25) is 14.4 Å². The molecule has 1 aromatic heterocycles. The predicted molar refractivity (Wildman–Crippen MR) is 154 cm³/mol. The van der Waals surface area contributed by atoms with E-state index in [-0.39, 0.29) is 17.4 Å². The van der Waals surface area contributed by atoms with Crippen LogP contribution in [0.4, 0.5) is 15.2 Å². The molecular formula is C31H28FN3O5S. The summed E-state index contributed by atoms with van der Waals surface area (Å²) in [4.78, 5) is 43.6. The van der Waals surface area contributed by atoms with Gasteiger partial charge in [-0.1, -0.05) is 48.1 Å². The van der Waals surface area contributed by atoms with Crippen LogP contribution >= 0.6 is 11.3 Å². The molecule has 6 rings (SSSR count). The highest BCUT2D eigenvalue weighted by Crippen LogP contribution is 2.35. The van der Waals surface area contributed by atoms with E-state index in [1.807, 2.05) is 6.07 Å². The van der Waals surface area contributed by atoms with E-state index in [1.165, 1.54) is 17.4 Å². The lowest BCUT2D eigenvalue weighted by molar-refractivity contribution is -0.142. The van der Waals surface area contributed by atoms with Crippen molar-refractivity contribution in [3.63, 3.8) is 0 Å². The van der Waals surface area contributed by atoms with Gasteiger partial charge >= 0.3 is 5.97 Å². The lowest BCUT2D eigenvalue weighted by atomic mass is 9.88. The normalized spacial score (nSPS) is 18.9. The summed E-state index contributed by atoms with van der Waals surface area (Å²) >= 11 is 1.34. The largest absolute Gasteiger partial charge is 0.481 e. The Morgan fingerprint density at radius 3 is 2.37 bits per heavy atom. The maximum atomic E-state index is 15.1. The quantitative estimate of drug-likeness (QED) is 0.261. The van der Waals surface area contributed by atoms with Gasteiger partial charge in [0.1, 0.15) is 5.82 Å². The molecular weight excluding hydrogens is 545 g/mol. The number of carboxylic acid groups (broad SMARTS) is 1. The van der Waals surface area contributed by atoms with E-state index >= 15 is 4.39 Å². The summed E-state index contributed by atoms with van der Waals surface area (Å²) in [5, 5.41) is 13.0. The third kappa shape index (κ3) is 5.57. The summed E-state index contributed by atoms with van der Waals surface area (Å²) in [6.45, 7) is 2.20. The Balaban J connectivity index is 1.15. The van der Waals surface area contributed by atoms with Crippen molar-refractivity contribution in [3.05, 3.63) is 77.6 Å². The summed E-state index contributed by atoms with van der Waals surface area (Å²) in [7, 11) is 0. The summed E-state index contributed by atoms with van der Waals surface area (Å²) in [5.74, 6) is -2.70. The molecule has 2 fully saturated rings. The molecule has 0 spiro atoms. The number of ether oxygens (including phenoxy) is 1. The maximum Gasteiger partial charge on any atom is 0.307 e. The number of aromatic nitrogens is 1. The van der Waals surface area contributed by atoms with Crippen LogP contribution in [0.3, 0.4) is 0 Å². The van der Waals surface area contributed by atoms with Crippen molar-refractivity contribution >= 4 is 50.0 Å². The van der Waals surface area contributed by atoms with Gasteiger partial charge in [0.2, 0.25) is 0 Å². The molecule has 10 heteroatoms. The number of Topliss-reactive ketones (excluding diaryl/α,β-unsaturated/α-hetero) is 1. The number of nitrogens with zero attached hydrogens (tertiary/aromatic N) is 2. The van der Waals surface area contributed by atoms with Crippen LogP contribution in [0.25, 0.3) is 21.3 Å². The molecule has 8 nitrogen and oxygen atoms in total. The second-order valence-electron chi connectivity index (χ2n) is 10.3. The number of aliphatic carboxylic acids is 1. The molecule has 2 aliphatic rings. The molecule has 1 aliphatic heterocycles. The van der Waals surface area contributed by atoms with E-state index in [0.29, 0.717) is 61.0 Å². The Bertz CT molecular complexity index is 1630. The topological polar surface area (TPSA) is 109 Å². The number of rotatable bonds is 7. The van der Waals surface area contributed by atoms with E-state index in [2.05, 4.69) is 10.3 Å². The van der Waals surface area contributed by atoms with Crippen LogP contribution in [0.1, 0.15) is 40.0 Å². The van der Waals surface area contributed by atoms with Crippen LogP contribution in [0.5, 0.6) is 0 Å². The minimum absolute atomic E-state index is 0.0415. The first-order valence-electron chi connectivity index (χ1n) is 13.6. The standard InChI is InChI=1S/C31H28FN3O5S/c32-24-16-20(18-4-6-19(7-5-18)28(36)22-2-1-3-23(22)30(38)39)8-10-25(24)33-31-34-26-11-9-21(17-27(26)41-31)29(37)35-12-14-40-15-13-35/h4-11,16-17,22-23H,1-3,12-15H2,(H,33,34)(H,38,39)/t22-,23-/m0/s1. The van der Waals surface area contributed by atoms with Gasteiger partial charge in [0.05, 0.1) is 35.0 Å². The molecule has 0 radical (unpaired) electrons. The highest BCUT2D eigenvalue weighted by molar-refractivity contribution is 7.22. The van der Waals surface area contributed by atoms with Gasteiger partial charge in [-0.15, -0.1) is 0 Å². The second-order valence-corrected chi connectivity index (χ2v) is 11.4. The summed E-state index contributed by atoms with van der Waals surface area (Å²) in [6.07, 6.45) is 1.84. The van der Waals surface area contributed by atoms with Crippen molar-refractivity contribution in [2.75, 3.05) is 31.6 Å². The van der Waals surface area contributed by atoms with Crippen molar-refractivity contribution in [2.24, 2.45) is 11.8 Å². The minimum Gasteiger partial charge on any atom is -0.481 e. The molecule has 210 valence electrons. The number of nitrogens with one attached hydrogen (secondary N) is 1. The molecule has 1 aliphatic carbocycles. The Morgan fingerprint density at radius 1 is 0.927 bits per heavy atom. The molecule has 2 N–H and O–H groups in total. The van der Waals surface area contributed by atoms with Crippen LogP contribution in [0, 0.1) is 17.7 Å². The van der Waals surface area contributed by atoms with Crippen molar-refractivity contribution in [1.82, 2.24) is 9.88 Å². The number of carboxylic acids is 1. The van der Waals surface area contributed by atoms with Gasteiger partial charge in [0.15, 0.2) is 10.9 Å². The molecule has 41 heavy (non-hydrogen) atoms. The SMILES string of the molecule is O=C(O)[C@H]1CCC[C@@H]1C(=O)c1ccc(-c2ccc(Nc3nc4ccc(C(=O)N5CCOCC5)cc4s3)c(F)c2)cc1. The molecule has 0 bridgehead atoms. The van der Waals surface area contributed by atoms with E-state index in [9.17, 15) is 19.5 Å². The number of carbonyl (C=O) groups is 3. The van der Waals surface area contributed by atoms with Crippen LogP contribution in [0.2, 0.25) is 0 Å². The van der Waals surface area contributed by atoms with Crippen LogP contribution in [-0.2, 0) is 9.53 Å². The van der Waals surface area contributed by atoms with E-state index < -0.39 is 23.6 Å².